The quantitative estimate of drug-likeness (QED) is 0.599. The Hall–Kier alpha value is -2.36. The van der Waals surface area contributed by atoms with Crippen molar-refractivity contribution in [3.63, 3.8) is 0 Å². The number of hydrogen-bond donors (Lipinski definition) is 2. The zero-order valence-corrected chi connectivity index (χ0v) is 9.47. The van der Waals surface area contributed by atoms with Gasteiger partial charge in [-0.15, -0.1) is 0 Å². The summed E-state index contributed by atoms with van der Waals surface area (Å²) < 4.78 is 0. The minimum Gasteiger partial charge on any atom is -0.350 e. The number of carbonyl (C=O) groups excluding carboxylic acids is 1. The summed E-state index contributed by atoms with van der Waals surface area (Å²) in [6.45, 7) is 2.00. The maximum Gasteiger partial charge on any atom is 0.332 e. The molecular formula is C13H13N3O. The van der Waals surface area contributed by atoms with E-state index in [-0.39, 0.29) is 0 Å². The first kappa shape index (κ1) is 11.1. The van der Waals surface area contributed by atoms with Crippen molar-refractivity contribution < 1.29 is 4.79 Å². The van der Waals surface area contributed by atoms with E-state index >= 15 is 0 Å². The third kappa shape index (κ3) is 2.42. The molecule has 0 aliphatic carbocycles. The van der Waals surface area contributed by atoms with Gasteiger partial charge in [0.25, 0.3) is 0 Å². The Morgan fingerprint density at radius 2 is 2.06 bits per heavy atom. The van der Waals surface area contributed by atoms with E-state index in [4.69, 9.17) is 5.73 Å². The molecule has 4 heteroatoms. The molecule has 3 N–H and O–H groups in total. The van der Waals surface area contributed by atoms with Crippen LogP contribution in [0.1, 0.15) is 11.1 Å². The van der Waals surface area contributed by atoms with Crippen molar-refractivity contribution >= 4 is 23.0 Å². The lowest BCUT2D eigenvalue weighted by atomic mass is 10.0. The van der Waals surface area contributed by atoms with E-state index in [0.717, 1.165) is 21.9 Å². The highest BCUT2D eigenvalue weighted by atomic mass is 16.2. The molecule has 0 atom stereocenters. The minimum atomic E-state index is -0.667. The average Bonchev–Trinajstić information content (AvgIpc) is 2.32. The Balaban J connectivity index is 2.47. The van der Waals surface area contributed by atoms with Crippen molar-refractivity contribution in [3.8, 4) is 0 Å². The smallest absolute Gasteiger partial charge is 0.332 e. The van der Waals surface area contributed by atoms with Gasteiger partial charge in [-0.3, -0.25) is 0 Å². The van der Waals surface area contributed by atoms with Crippen LogP contribution in [0.5, 0.6) is 0 Å². The number of nitrogens with one attached hydrogen (secondary N) is 1. The van der Waals surface area contributed by atoms with Crippen molar-refractivity contribution in [2.45, 2.75) is 6.92 Å². The number of benzene rings is 2. The SMILES string of the molecule is Cc1ccc2ccccc2c1C=NNC(N)=O. The van der Waals surface area contributed by atoms with Gasteiger partial charge in [-0.25, -0.2) is 10.2 Å². The summed E-state index contributed by atoms with van der Waals surface area (Å²) in [5.41, 5.74) is 9.22. The van der Waals surface area contributed by atoms with Crippen LogP contribution in [0.2, 0.25) is 0 Å². The molecule has 0 saturated heterocycles. The Morgan fingerprint density at radius 1 is 1.29 bits per heavy atom. The summed E-state index contributed by atoms with van der Waals surface area (Å²) in [6.07, 6.45) is 1.61. The van der Waals surface area contributed by atoms with Crippen LogP contribution in [0.3, 0.4) is 0 Å². The number of fused-ring (bicyclic) bond motifs is 1. The Morgan fingerprint density at radius 3 is 2.82 bits per heavy atom. The molecule has 0 heterocycles. The molecule has 17 heavy (non-hydrogen) atoms. The van der Waals surface area contributed by atoms with Crippen molar-refractivity contribution in [2.75, 3.05) is 0 Å². The molecule has 0 saturated carbocycles. The topological polar surface area (TPSA) is 67.5 Å². The predicted octanol–water partition coefficient (Wildman–Crippen LogP) is 2.15. The van der Waals surface area contributed by atoms with Crippen LogP contribution in [-0.2, 0) is 0 Å². The molecule has 0 radical (unpaired) electrons. The van der Waals surface area contributed by atoms with Gasteiger partial charge in [0.2, 0.25) is 0 Å². The van der Waals surface area contributed by atoms with E-state index in [1.54, 1.807) is 6.21 Å². The normalized spacial score (nSPS) is 10.9. The van der Waals surface area contributed by atoms with E-state index < -0.39 is 6.03 Å². The van der Waals surface area contributed by atoms with E-state index in [1.807, 2.05) is 37.3 Å². The Labute approximate surface area is 99.1 Å². The van der Waals surface area contributed by atoms with Crippen molar-refractivity contribution in [1.29, 1.82) is 0 Å². The van der Waals surface area contributed by atoms with Crippen LogP contribution in [0.4, 0.5) is 4.79 Å². The fourth-order valence-electron chi connectivity index (χ4n) is 1.74. The summed E-state index contributed by atoms with van der Waals surface area (Å²) in [5, 5.41) is 6.04. The van der Waals surface area contributed by atoms with Gasteiger partial charge in [-0.05, 0) is 23.3 Å². The zero-order valence-electron chi connectivity index (χ0n) is 9.47. The molecule has 2 aromatic rings. The zero-order chi connectivity index (χ0) is 12.3. The third-order valence-corrected chi connectivity index (χ3v) is 2.56. The van der Waals surface area contributed by atoms with E-state index in [1.165, 1.54) is 0 Å². The highest BCUT2D eigenvalue weighted by molar-refractivity contribution is 6.01. The number of aryl methyl sites for hydroxylation is 1. The lowest BCUT2D eigenvalue weighted by Gasteiger charge is -2.05. The first-order valence-electron chi connectivity index (χ1n) is 5.25. The molecule has 86 valence electrons. The molecule has 2 amide bonds. The largest absolute Gasteiger partial charge is 0.350 e. The molecule has 0 unspecified atom stereocenters. The van der Waals surface area contributed by atoms with Crippen LogP contribution in [0.25, 0.3) is 10.8 Å². The second kappa shape index (κ2) is 4.65. The number of urea groups is 1. The van der Waals surface area contributed by atoms with Crippen LogP contribution >= 0.6 is 0 Å². The molecule has 2 rings (SSSR count). The Bertz CT molecular complexity index is 590. The highest BCUT2D eigenvalue weighted by Crippen LogP contribution is 2.20. The van der Waals surface area contributed by atoms with Gasteiger partial charge in [-0.1, -0.05) is 36.4 Å². The summed E-state index contributed by atoms with van der Waals surface area (Å²) in [5.74, 6) is 0. The van der Waals surface area contributed by atoms with Gasteiger partial charge in [0, 0.05) is 5.56 Å². The second-order valence-electron chi connectivity index (χ2n) is 3.75. The minimum absolute atomic E-state index is 0.667. The highest BCUT2D eigenvalue weighted by Gasteiger charge is 2.01. The number of hydrogen-bond acceptors (Lipinski definition) is 2. The fourth-order valence-corrected chi connectivity index (χ4v) is 1.74. The molecule has 0 aliphatic rings. The van der Waals surface area contributed by atoms with Gasteiger partial charge in [0.15, 0.2) is 0 Å². The Kier molecular flexibility index (Phi) is 3.05. The average molecular weight is 227 g/mol. The monoisotopic (exact) mass is 227 g/mol. The molecule has 2 aromatic carbocycles. The second-order valence-corrected chi connectivity index (χ2v) is 3.75. The fraction of sp³-hybridized carbons (Fsp3) is 0.0769. The van der Waals surface area contributed by atoms with Crippen LogP contribution < -0.4 is 11.2 Å². The van der Waals surface area contributed by atoms with Crippen LogP contribution in [0.15, 0.2) is 41.5 Å². The number of nitrogens with zero attached hydrogens (tertiary/aromatic N) is 1. The van der Waals surface area contributed by atoms with E-state index in [9.17, 15) is 4.79 Å². The standard InChI is InChI=1S/C13H13N3O/c1-9-6-7-10-4-2-3-5-11(10)12(9)8-15-16-13(14)17/h2-8H,1H3,(H3,14,16,17). The lowest BCUT2D eigenvalue weighted by Crippen LogP contribution is -2.24. The molecule has 0 bridgehead atoms. The molecular weight excluding hydrogens is 214 g/mol. The summed E-state index contributed by atoms with van der Waals surface area (Å²) in [7, 11) is 0. The molecule has 0 fully saturated rings. The van der Waals surface area contributed by atoms with Gasteiger partial charge in [0.05, 0.1) is 6.21 Å². The van der Waals surface area contributed by atoms with Gasteiger partial charge in [0.1, 0.15) is 0 Å². The lowest BCUT2D eigenvalue weighted by molar-refractivity contribution is 0.249. The van der Waals surface area contributed by atoms with Crippen LogP contribution in [0, 0.1) is 6.92 Å². The first-order chi connectivity index (χ1) is 8.18. The van der Waals surface area contributed by atoms with Crippen molar-refractivity contribution in [3.05, 3.63) is 47.5 Å². The van der Waals surface area contributed by atoms with Crippen LogP contribution in [-0.4, -0.2) is 12.2 Å². The summed E-state index contributed by atoms with van der Waals surface area (Å²) in [6, 6.07) is 11.4. The summed E-state index contributed by atoms with van der Waals surface area (Å²) >= 11 is 0. The number of hydrazone groups is 1. The molecule has 0 aromatic heterocycles. The van der Waals surface area contributed by atoms with Crippen molar-refractivity contribution in [2.24, 2.45) is 10.8 Å². The number of nitrogens with two attached hydrogens (primary N) is 1. The van der Waals surface area contributed by atoms with E-state index in [0.29, 0.717) is 0 Å². The number of amides is 2. The van der Waals surface area contributed by atoms with E-state index in [2.05, 4.69) is 16.6 Å². The number of carbonyl (C=O) groups is 1. The molecule has 4 nitrogen and oxygen atoms in total. The molecule has 0 aliphatic heterocycles. The molecule has 0 spiro atoms. The maximum absolute atomic E-state index is 10.5. The maximum atomic E-state index is 10.5. The summed E-state index contributed by atoms with van der Waals surface area (Å²) in [4.78, 5) is 10.5. The van der Waals surface area contributed by atoms with Crippen molar-refractivity contribution in [1.82, 2.24) is 5.43 Å². The number of primary amides is 1. The third-order valence-electron chi connectivity index (χ3n) is 2.56. The first-order valence-corrected chi connectivity index (χ1v) is 5.25. The number of rotatable bonds is 2. The predicted molar refractivity (Wildman–Crippen MR) is 69.0 cm³/mol. The van der Waals surface area contributed by atoms with Gasteiger partial charge < -0.3 is 5.73 Å². The van der Waals surface area contributed by atoms with Gasteiger partial charge in [-0.2, -0.15) is 5.10 Å². The van der Waals surface area contributed by atoms with Gasteiger partial charge >= 0.3 is 6.03 Å².